The van der Waals surface area contributed by atoms with Crippen molar-refractivity contribution in [1.29, 1.82) is 0 Å². The number of amides is 1. The van der Waals surface area contributed by atoms with Crippen LogP contribution in [-0.4, -0.2) is 27.0 Å². The van der Waals surface area contributed by atoms with Crippen LogP contribution in [0.15, 0.2) is 77.7 Å². The van der Waals surface area contributed by atoms with Crippen LogP contribution >= 0.6 is 0 Å². The van der Waals surface area contributed by atoms with Gasteiger partial charge in [-0.15, -0.1) is 0 Å². The average molecular weight is 456 g/mol. The van der Waals surface area contributed by atoms with E-state index in [-0.39, 0.29) is 10.8 Å². The minimum absolute atomic E-state index is 0.0192. The molecule has 168 valence electrons. The first-order valence-corrected chi connectivity index (χ1v) is 11.5. The Kier molecular flexibility index (Phi) is 7.34. The zero-order chi connectivity index (χ0) is 23.1. The summed E-state index contributed by atoms with van der Waals surface area (Å²) >= 11 is 0. The van der Waals surface area contributed by atoms with Crippen molar-refractivity contribution in [2.75, 3.05) is 17.2 Å². The molecule has 3 aromatic carbocycles. The first-order chi connectivity index (χ1) is 15.2. The molecule has 0 saturated heterocycles. The molecule has 0 spiro atoms. The standard InChI is InChI=1S/C23H25N3O5S/c1-3-30-19-10-12-21(13-11-19)31-20-8-4-17(5-9-20)25-16(2)23(27)26-18-6-14-22(15-7-18)32(24,28)29/h4-16,25H,3H2,1-2H3,(H,26,27)(H2,24,28,29)/t16-/m1/s1. The van der Waals surface area contributed by atoms with Gasteiger partial charge in [-0.05, 0) is 86.6 Å². The van der Waals surface area contributed by atoms with E-state index in [0.29, 0.717) is 23.8 Å². The van der Waals surface area contributed by atoms with Gasteiger partial charge in [0, 0.05) is 11.4 Å². The Balaban J connectivity index is 1.54. The molecule has 1 amide bonds. The van der Waals surface area contributed by atoms with Crippen LogP contribution in [0.2, 0.25) is 0 Å². The predicted molar refractivity (Wildman–Crippen MR) is 124 cm³/mol. The molecule has 0 fully saturated rings. The van der Waals surface area contributed by atoms with Gasteiger partial charge in [-0.2, -0.15) is 0 Å². The number of hydrogen-bond acceptors (Lipinski definition) is 6. The Morgan fingerprint density at radius 2 is 1.38 bits per heavy atom. The normalized spacial score (nSPS) is 12.0. The molecule has 32 heavy (non-hydrogen) atoms. The summed E-state index contributed by atoms with van der Waals surface area (Å²) in [6, 6.07) is 19.7. The number of anilines is 2. The number of nitrogens with two attached hydrogens (primary N) is 1. The fraction of sp³-hybridized carbons (Fsp3) is 0.174. The fourth-order valence-electron chi connectivity index (χ4n) is 2.82. The van der Waals surface area contributed by atoms with E-state index in [2.05, 4.69) is 10.6 Å². The summed E-state index contributed by atoms with van der Waals surface area (Å²) in [5.41, 5.74) is 1.21. The highest BCUT2D eigenvalue weighted by atomic mass is 32.2. The monoisotopic (exact) mass is 455 g/mol. The number of benzene rings is 3. The van der Waals surface area contributed by atoms with Gasteiger partial charge in [0.15, 0.2) is 0 Å². The molecule has 8 nitrogen and oxygen atoms in total. The number of carbonyl (C=O) groups is 1. The summed E-state index contributed by atoms with van der Waals surface area (Å²) in [5, 5.41) is 10.9. The summed E-state index contributed by atoms with van der Waals surface area (Å²) in [6.45, 7) is 4.26. The third kappa shape index (κ3) is 6.47. The van der Waals surface area contributed by atoms with Crippen molar-refractivity contribution in [2.24, 2.45) is 5.14 Å². The molecule has 0 aliphatic heterocycles. The number of sulfonamides is 1. The Hall–Kier alpha value is -3.56. The van der Waals surface area contributed by atoms with Gasteiger partial charge in [0.2, 0.25) is 15.9 Å². The topological polar surface area (TPSA) is 120 Å². The molecular formula is C23H25N3O5S. The van der Waals surface area contributed by atoms with E-state index in [4.69, 9.17) is 14.6 Å². The SMILES string of the molecule is CCOc1ccc(Oc2ccc(N[C@H](C)C(=O)Nc3ccc(S(N)(=O)=O)cc3)cc2)cc1. The van der Waals surface area contributed by atoms with Gasteiger partial charge in [-0.1, -0.05) is 0 Å². The van der Waals surface area contributed by atoms with Crippen molar-refractivity contribution in [1.82, 2.24) is 0 Å². The van der Waals surface area contributed by atoms with E-state index in [9.17, 15) is 13.2 Å². The van der Waals surface area contributed by atoms with Crippen molar-refractivity contribution in [3.8, 4) is 17.2 Å². The van der Waals surface area contributed by atoms with E-state index in [1.807, 2.05) is 43.3 Å². The van der Waals surface area contributed by atoms with Gasteiger partial charge in [0.05, 0.1) is 11.5 Å². The molecule has 4 N–H and O–H groups in total. The van der Waals surface area contributed by atoms with E-state index < -0.39 is 16.1 Å². The van der Waals surface area contributed by atoms with Crippen LogP contribution < -0.4 is 25.2 Å². The Bertz CT molecular complexity index is 1150. The third-order valence-corrected chi connectivity index (χ3v) is 5.38. The molecule has 3 rings (SSSR count). The van der Waals surface area contributed by atoms with E-state index in [0.717, 1.165) is 11.4 Å². The number of primary sulfonamides is 1. The second-order valence-corrected chi connectivity index (χ2v) is 8.52. The highest BCUT2D eigenvalue weighted by Gasteiger charge is 2.14. The molecular weight excluding hydrogens is 430 g/mol. The molecule has 0 aliphatic rings. The summed E-state index contributed by atoms with van der Waals surface area (Å²) in [7, 11) is -3.77. The maximum atomic E-state index is 12.4. The summed E-state index contributed by atoms with van der Waals surface area (Å²) in [6.07, 6.45) is 0. The van der Waals surface area contributed by atoms with Crippen molar-refractivity contribution in [3.63, 3.8) is 0 Å². The fourth-order valence-corrected chi connectivity index (χ4v) is 3.34. The lowest BCUT2D eigenvalue weighted by molar-refractivity contribution is -0.116. The largest absolute Gasteiger partial charge is 0.494 e. The van der Waals surface area contributed by atoms with Crippen molar-refractivity contribution in [2.45, 2.75) is 24.8 Å². The third-order valence-electron chi connectivity index (χ3n) is 4.45. The first-order valence-electron chi connectivity index (χ1n) is 9.95. The average Bonchev–Trinajstić information content (AvgIpc) is 2.76. The molecule has 1 atom stereocenters. The lowest BCUT2D eigenvalue weighted by Crippen LogP contribution is -2.31. The quantitative estimate of drug-likeness (QED) is 0.449. The second-order valence-electron chi connectivity index (χ2n) is 6.96. The van der Waals surface area contributed by atoms with Crippen LogP contribution in [-0.2, 0) is 14.8 Å². The van der Waals surface area contributed by atoms with Crippen LogP contribution in [0, 0.1) is 0 Å². The predicted octanol–water partition coefficient (Wildman–Crippen LogP) is 3.96. The number of hydrogen-bond donors (Lipinski definition) is 3. The van der Waals surface area contributed by atoms with Gasteiger partial charge in [0.25, 0.3) is 0 Å². The van der Waals surface area contributed by atoms with Crippen molar-refractivity contribution < 1.29 is 22.7 Å². The first kappa shape index (κ1) is 23.1. The maximum absolute atomic E-state index is 12.4. The van der Waals surface area contributed by atoms with Crippen LogP contribution in [0.25, 0.3) is 0 Å². The van der Waals surface area contributed by atoms with Gasteiger partial charge < -0.3 is 20.1 Å². The Morgan fingerprint density at radius 1 is 0.875 bits per heavy atom. The van der Waals surface area contributed by atoms with E-state index in [1.54, 1.807) is 19.1 Å². The van der Waals surface area contributed by atoms with Gasteiger partial charge >= 0.3 is 0 Å². The van der Waals surface area contributed by atoms with Crippen LogP contribution in [0.3, 0.4) is 0 Å². The summed E-state index contributed by atoms with van der Waals surface area (Å²) < 4.78 is 33.8. The number of rotatable bonds is 9. The Morgan fingerprint density at radius 3 is 1.91 bits per heavy atom. The zero-order valence-corrected chi connectivity index (χ0v) is 18.6. The smallest absolute Gasteiger partial charge is 0.246 e. The number of ether oxygens (including phenoxy) is 2. The molecule has 0 unspecified atom stereocenters. The molecule has 9 heteroatoms. The number of nitrogens with one attached hydrogen (secondary N) is 2. The van der Waals surface area contributed by atoms with Gasteiger partial charge in [-0.25, -0.2) is 13.6 Å². The lowest BCUT2D eigenvalue weighted by atomic mass is 10.2. The number of carbonyl (C=O) groups excluding carboxylic acids is 1. The molecule has 0 radical (unpaired) electrons. The van der Waals surface area contributed by atoms with E-state index >= 15 is 0 Å². The van der Waals surface area contributed by atoms with Crippen molar-refractivity contribution >= 4 is 27.3 Å². The van der Waals surface area contributed by atoms with E-state index in [1.165, 1.54) is 24.3 Å². The molecule has 0 aromatic heterocycles. The summed E-state index contributed by atoms with van der Waals surface area (Å²) in [4.78, 5) is 12.4. The minimum Gasteiger partial charge on any atom is -0.494 e. The maximum Gasteiger partial charge on any atom is 0.246 e. The van der Waals surface area contributed by atoms with Crippen LogP contribution in [0.5, 0.6) is 17.2 Å². The highest BCUT2D eigenvalue weighted by molar-refractivity contribution is 7.89. The minimum atomic E-state index is -3.77. The Labute approximate surface area is 187 Å². The van der Waals surface area contributed by atoms with Gasteiger partial charge in [0.1, 0.15) is 23.3 Å². The molecule has 3 aromatic rings. The van der Waals surface area contributed by atoms with Crippen LogP contribution in [0.4, 0.5) is 11.4 Å². The summed E-state index contributed by atoms with van der Waals surface area (Å²) in [5.74, 6) is 1.86. The molecule has 0 heterocycles. The highest BCUT2D eigenvalue weighted by Crippen LogP contribution is 2.25. The second kappa shape index (κ2) is 10.2. The molecule has 0 aliphatic carbocycles. The van der Waals surface area contributed by atoms with Gasteiger partial charge in [-0.3, -0.25) is 4.79 Å². The van der Waals surface area contributed by atoms with Crippen LogP contribution in [0.1, 0.15) is 13.8 Å². The lowest BCUT2D eigenvalue weighted by Gasteiger charge is -2.16. The zero-order valence-electron chi connectivity index (χ0n) is 17.7. The molecule has 0 saturated carbocycles. The molecule has 0 bridgehead atoms. The van der Waals surface area contributed by atoms with Crippen molar-refractivity contribution in [3.05, 3.63) is 72.8 Å².